The quantitative estimate of drug-likeness (QED) is 0.888. The molecule has 1 unspecified atom stereocenters. The van der Waals surface area contributed by atoms with Crippen LogP contribution >= 0.6 is 11.3 Å². The fourth-order valence-corrected chi connectivity index (χ4v) is 3.03. The topological polar surface area (TPSA) is 71.2 Å². The summed E-state index contributed by atoms with van der Waals surface area (Å²) in [5, 5.41) is 3.82. The Morgan fingerprint density at radius 2 is 2.16 bits per heavy atom. The standard InChI is InChI=1S/C13H22N4OS/c1-3-9(2)15-12(18)10-11(14)16-13(19-10)17-7-5-4-6-8-17/h9H,3-8,14H2,1-2H3,(H,15,18). The Balaban J connectivity index is 2.09. The molecule has 1 aliphatic heterocycles. The maximum atomic E-state index is 12.1. The minimum Gasteiger partial charge on any atom is -0.382 e. The van der Waals surface area contributed by atoms with Gasteiger partial charge in [-0.2, -0.15) is 0 Å². The number of piperidine rings is 1. The molecule has 0 spiro atoms. The number of amides is 1. The molecule has 0 aromatic carbocycles. The van der Waals surface area contributed by atoms with Gasteiger partial charge in [-0.05, 0) is 32.6 Å². The second kappa shape index (κ2) is 6.23. The summed E-state index contributed by atoms with van der Waals surface area (Å²) in [6.45, 7) is 6.06. The van der Waals surface area contributed by atoms with Crippen LogP contribution in [-0.2, 0) is 0 Å². The summed E-state index contributed by atoms with van der Waals surface area (Å²) in [6, 6.07) is 0.160. The fourth-order valence-electron chi connectivity index (χ4n) is 2.09. The van der Waals surface area contributed by atoms with Gasteiger partial charge in [0.15, 0.2) is 5.13 Å². The number of rotatable bonds is 4. The molecular weight excluding hydrogens is 260 g/mol. The summed E-state index contributed by atoms with van der Waals surface area (Å²) >= 11 is 1.40. The van der Waals surface area contributed by atoms with Crippen LogP contribution < -0.4 is 16.0 Å². The number of thiazole rings is 1. The lowest BCUT2D eigenvalue weighted by atomic mass is 10.1. The Kier molecular flexibility index (Phi) is 4.63. The largest absolute Gasteiger partial charge is 0.382 e. The second-order valence-electron chi connectivity index (χ2n) is 5.04. The Morgan fingerprint density at radius 1 is 1.47 bits per heavy atom. The number of anilines is 2. The number of hydrogen-bond acceptors (Lipinski definition) is 5. The van der Waals surface area contributed by atoms with E-state index in [1.54, 1.807) is 0 Å². The van der Waals surface area contributed by atoms with Crippen LogP contribution in [-0.4, -0.2) is 30.0 Å². The van der Waals surface area contributed by atoms with Crippen molar-refractivity contribution < 1.29 is 4.79 Å². The predicted octanol–water partition coefficient (Wildman–Crippen LogP) is 2.24. The molecule has 1 atom stereocenters. The Labute approximate surface area is 118 Å². The van der Waals surface area contributed by atoms with Gasteiger partial charge in [0.25, 0.3) is 5.91 Å². The van der Waals surface area contributed by atoms with E-state index in [-0.39, 0.29) is 11.9 Å². The summed E-state index contributed by atoms with van der Waals surface area (Å²) in [5.74, 6) is 0.249. The summed E-state index contributed by atoms with van der Waals surface area (Å²) in [5.41, 5.74) is 5.88. The van der Waals surface area contributed by atoms with E-state index < -0.39 is 0 Å². The van der Waals surface area contributed by atoms with Gasteiger partial charge in [0.1, 0.15) is 10.7 Å². The molecule has 5 nitrogen and oxygen atoms in total. The van der Waals surface area contributed by atoms with Crippen LogP contribution in [0.1, 0.15) is 49.2 Å². The molecule has 1 aromatic rings. The fraction of sp³-hybridized carbons (Fsp3) is 0.692. The van der Waals surface area contributed by atoms with E-state index in [9.17, 15) is 4.79 Å². The third-order valence-electron chi connectivity index (χ3n) is 3.46. The van der Waals surface area contributed by atoms with Gasteiger partial charge in [-0.3, -0.25) is 4.79 Å². The number of carbonyl (C=O) groups excluding carboxylic acids is 1. The monoisotopic (exact) mass is 282 g/mol. The third kappa shape index (κ3) is 3.37. The molecule has 3 N–H and O–H groups in total. The highest BCUT2D eigenvalue weighted by atomic mass is 32.1. The minimum absolute atomic E-state index is 0.104. The molecule has 6 heteroatoms. The predicted molar refractivity (Wildman–Crippen MR) is 79.8 cm³/mol. The molecule has 0 bridgehead atoms. The van der Waals surface area contributed by atoms with Crippen LogP contribution in [0.15, 0.2) is 0 Å². The van der Waals surface area contributed by atoms with Crippen molar-refractivity contribution in [3.05, 3.63) is 4.88 Å². The van der Waals surface area contributed by atoms with Crippen LogP contribution in [0, 0.1) is 0 Å². The first-order valence-corrected chi connectivity index (χ1v) is 7.75. The molecule has 19 heavy (non-hydrogen) atoms. The molecule has 0 radical (unpaired) electrons. The van der Waals surface area contributed by atoms with Crippen molar-refractivity contribution in [1.82, 2.24) is 10.3 Å². The van der Waals surface area contributed by atoms with Crippen molar-refractivity contribution >= 4 is 28.2 Å². The van der Waals surface area contributed by atoms with Gasteiger partial charge in [-0.15, -0.1) is 0 Å². The van der Waals surface area contributed by atoms with E-state index >= 15 is 0 Å². The number of aromatic nitrogens is 1. The maximum Gasteiger partial charge on any atom is 0.265 e. The first-order chi connectivity index (χ1) is 9.11. The van der Waals surface area contributed by atoms with Gasteiger partial charge in [0.05, 0.1) is 0 Å². The van der Waals surface area contributed by atoms with Crippen molar-refractivity contribution in [3.8, 4) is 0 Å². The Hall–Kier alpha value is -1.30. The average Bonchev–Trinajstić information content (AvgIpc) is 2.81. The molecule has 1 amide bonds. The first-order valence-electron chi connectivity index (χ1n) is 6.94. The highest BCUT2D eigenvalue weighted by Gasteiger charge is 2.21. The van der Waals surface area contributed by atoms with Crippen molar-refractivity contribution in [2.45, 2.75) is 45.6 Å². The van der Waals surface area contributed by atoms with E-state index in [1.165, 1.54) is 30.6 Å². The van der Waals surface area contributed by atoms with Gasteiger partial charge in [0.2, 0.25) is 0 Å². The lowest BCUT2D eigenvalue weighted by molar-refractivity contribution is 0.0944. The number of nitrogen functional groups attached to an aromatic ring is 1. The van der Waals surface area contributed by atoms with Crippen LogP contribution in [0.25, 0.3) is 0 Å². The minimum atomic E-state index is -0.104. The molecule has 0 saturated carbocycles. The van der Waals surface area contributed by atoms with Crippen molar-refractivity contribution in [3.63, 3.8) is 0 Å². The van der Waals surface area contributed by atoms with E-state index in [0.29, 0.717) is 10.7 Å². The highest BCUT2D eigenvalue weighted by Crippen LogP contribution is 2.29. The van der Waals surface area contributed by atoms with Crippen LogP contribution in [0.2, 0.25) is 0 Å². The average molecular weight is 282 g/mol. The van der Waals surface area contributed by atoms with Gasteiger partial charge in [0, 0.05) is 19.1 Å². The number of nitrogens with zero attached hydrogens (tertiary/aromatic N) is 2. The van der Waals surface area contributed by atoms with Crippen molar-refractivity contribution in [2.75, 3.05) is 23.7 Å². The normalized spacial score (nSPS) is 17.3. The zero-order valence-electron chi connectivity index (χ0n) is 11.6. The van der Waals surface area contributed by atoms with E-state index in [0.717, 1.165) is 24.6 Å². The van der Waals surface area contributed by atoms with Crippen molar-refractivity contribution in [2.24, 2.45) is 0 Å². The zero-order chi connectivity index (χ0) is 13.8. The summed E-state index contributed by atoms with van der Waals surface area (Å²) in [7, 11) is 0. The molecule has 1 fully saturated rings. The smallest absolute Gasteiger partial charge is 0.265 e. The summed E-state index contributed by atoms with van der Waals surface area (Å²) < 4.78 is 0. The van der Waals surface area contributed by atoms with Crippen LogP contribution in [0.5, 0.6) is 0 Å². The number of nitrogens with two attached hydrogens (primary N) is 1. The lowest BCUT2D eigenvalue weighted by Gasteiger charge is -2.25. The molecule has 106 valence electrons. The second-order valence-corrected chi connectivity index (χ2v) is 6.02. The van der Waals surface area contributed by atoms with Gasteiger partial charge in [-0.25, -0.2) is 4.98 Å². The van der Waals surface area contributed by atoms with Crippen LogP contribution in [0.4, 0.5) is 10.9 Å². The molecule has 1 aliphatic rings. The number of carbonyl (C=O) groups is 1. The zero-order valence-corrected chi connectivity index (χ0v) is 12.4. The molecule has 1 saturated heterocycles. The highest BCUT2D eigenvalue weighted by molar-refractivity contribution is 7.18. The molecule has 1 aromatic heterocycles. The lowest BCUT2D eigenvalue weighted by Crippen LogP contribution is -2.31. The van der Waals surface area contributed by atoms with E-state index in [1.807, 2.05) is 13.8 Å². The molecular formula is C13H22N4OS. The number of hydrogen-bond donors (Lipinski definition) is 2. The van der Waals surface area contributed by atoms with E-state index in [4.69, 9.17) is 5.73 Å². The SMILES string of the molecule is CCC(C)NC(=O)c1sc(N2CCCCC2)nc1N. The summed E-state index contributed by atoms with van der Waals surface area (Å²) in [4.78, 5) is 19.2. The maximum absolute atomic E-state index is 12.1. The van der Waals surface area contributed by atoms with Crippen LogP contribution in [0.3, 0.4) is 0 Å². The molecule has 2 heterocycles. The third-order valence-corrected chi connectivity index (χ3v) is 4.60. The number of nitrogens with one attached hydrogen (secondary N) is 1. The molecule has 2 rings (SSSR count). The van der Waals surface area contributed by atoms with Gasteiger partial charge in [-0.1, -0.05) is 18.3 Å². The van der Waals surface area contributed by atoms with Crippen molar-refractivity contribution in [1.29, 1.82) is 0 Å². The van der Waals surface area contributed by atoms with E-state index in [2.05, 4.69) is 15.2 Å². The first kappa shape index (κ1) is 14.1. The van der Waals surface area contributed by atoms with Gasteiger partial charge < -0.3 is 16.0 Å². The Morgan fingerprint density at radius 3 is 2.79 bits per heavy atom. The summed E-state index contributed by atoms with van der Waals surface area (Å²) in [6.07, 6.45) is 4.56. The van der Waals surface area contributed by atoms with Gasteiger partial charge >= 0.3 is 0 Å². The Bertz CT molecular complexity index is 440. The molecule has 0 aliphatic carbocycles.